The van der Waals surface area contributed by atoms with Crippen LogP contribution in [-0.2, 0) is 17.8 Å². The van der Waals surface area contributed by atoms with Crippen LogP contribution in [-0.4, -0.2) is 43.0 Å². The molecule has 0 radical (unpaired) electrons. The van der Waals surface area contributed by atoms with Crippen LogP contribution in [0.5, 0.6) is 5.75 Å². The van der Waals surface area contributed by atoms with Gasteiger partial charge in [0, 0.05) is 38.0 Å². The molecule has 24 heavy (non-hydrogen) atoms. The number of benzene rings is 1. The van der Waals surface area contributed by atoms with Crippen LogP contribution in [0.15, 0.2) is 42.5 Å². The highest BCUT2D eigenvalue weighted by Crippen LogP contribution is 2.29. The van der Waals surface area contributed by atoms with Crippen molar-refractivity contribution in [2.45, 2.75) is 13.0 Å². The van der Waals surface area contributed by atoms with Gasteiger partial charge in [0.05, 0.1) is 12.2 Å². The summed E-state index contributed by atoms with van der Waals surface area (Å²) in [5.74, 6) is 0.829. The van der Waals surface area contributed by atoms with Crippen molar-refractivity contribution in [3.05, 3.63) is 53.1 Å². The molecule has 0 fully saturated rings. The number of aromatic nitrogens is 1. The number of carbonyl (C=O) groups is 1. The highest BCUT2D eigenvalue weighted by molar-refractivity contribution is 7.15. The van der Waals surface area contributed by atoms with Crippen LogP contribution in [0, 0.1) is 0 Å². The van der Waals surface area contributed by atoms with Crippen LogP contribution in [0.4, 0.5) is 5.13 Å². The first-order valence-corrected chi connectivity index (χ1v) is 8.74. The van der Waals surface area contributed by atoms with Crippen LogP contribution < -0.4 is 9.64 Å². The van der Waals surface area contributed by atoms with Crippen molar-refractivity contribution in [2.24, 2.45) is 0 Å². The highest BCUT2D eigenvalue weighted by Gasteiger charge is 2.23. The van der Waals surface area contributed by atoms with Gasteiger partial charge in [-0.2, -0.15) is 0 Å². The van der Waals surface area contributed by atoms with Gasteiger partial charge in [-0.15, -0.1) is 0 Å². The Kier molecular flexibility index (Phi) is 5.15. The lowest BCUT2D eigenvalue weighted by molar-refractivity contribution is -0.126. The zero-order valence-corrected chi connectivity index (χ0v) is 14.8. The molecule has 1 aliphatic rings. The number of anilines is 1. The Labute approximate surface area is 146 Å². The summed E-state index contributed by atoms with van der Waals surface area (Å²) < 4.78 is 5.56. The van der Waals surface area contributed by atoms with E-state index in [2.05, 4.69) is 4.98 Å². The summed E-state index contributed by atoms with van der Waals surface area (Å²) in [6, 6.07) is 9.58. The molecule has 2 aromatic rings. The van der Waals surface area contributed by atoms with Crippen molar-refractivity contribution in [1.82, 2.24) is 9.88 Å². The van der Waals surface area contributed by atoms with Crippen molar-refractivity contribution in [1.29, 1.82) is 0 Å². The molecule has 0 aliphatic carbocycles. The molecule has 1 aromatic heterocycles. The maximum Gasteiger partial charge on any atom is 0.246 e. The lowest BCUT2D eigenvalue weighted by atomic mass is 10.2. The van der Waals surface area contributed by atoms with E-state index in [1.54, 1.807) is 23.5 Å². The summed E-state index contributed by atoms with van der Waals surface area (Å²) in [5.41, 5.74) is 1.13. The van der Waals surface area contributed by atoms with Crippen molar-refractivity contribution >= 4 is 22.4 Å². The van der Waals surface area contributed by atoms with E-state index < -0.39 is 0 Å². The molecular weight excluding hydrogens is 322 g/mol. The smallest absolute Gasteiger partial charge is 0.246 e. The minimum absolute atomic E-state index is 0.0251. The third kappa shape index (κ3) is 3.94. The number of thiazole rings is 1. The van der Waals surface area contributed by atoms with Gasteiger partial charge in [0.25, 0.3) is 0 Å². The Bertz CT molecular complexity index is 725. The van der Waals surface area contributed by atoms with E-state index in [-0.39, 0.29) is 5.91 Å². The van der Waals surface area contributed by atoms with Crippen molar-refractivity contribution in [3.63, 3.8) is 0 Å². The summed E-state index contributed by atoms with van der Waals surface area (Å²) in [6.07, 6.45) is 4.18. The SMILES string of the molecule is CN(C)c1nc2c(s1)CN(C(=O)/C=C/COc1ccccc1)CC2. The van der Waals surface area contributed by atoms with Gasteiger partial charge in [0.2, 0.25) is 5.91 Å². The van der Waals surface area contributed by atoms with Crippen LogP contribution in [0.3, 0.4) is 0 Å². The van der Waals surface area contributed by atoms with Gasteiger partial charge >= 0.3 is 0 Å². The Morgan fingerprint density at radius 3 is 2.92 bits per heavy atom. The molecule has 0 atom stereocenters. The average molecular weight is 343 g/mol. The second-order valence-electron chi connectivity index (χ2n) is 5.80. The lowest BCUT2D eigenvalue weighted by Crippen LogP contribution is -2.34. The standard InChI is InChI=1S/C18H21N3O2S/c1-20(2)18-19-15-10-11-21(13-16(15)24-18)17(22)9-6-12-23-14-7-4-3-5-8-14/h3-9H,10-13H2,1-2H3/b9-6+. The fourth-order valence-corrected chi connectivity index (χ4v) is 3.52. The van der Waals surface area contributed by atoms with Gasteiger partial charge in [0.1, 0.15) is 12.4 Å². The normalized spacial score (nSPS) is 13.8. The molecule has 0 N–H and O–H groups in total. The summed E-state index contributed by atoms with van der Waals surface area (Å²) in [4.78, 5) is 22.0. The minimum atomic E-state index is 0.0251. The number of fused-ring (bicyclic) bond motifs is 1. The zero-order valence-electron chi connectivity index (χ0n) is 13.9. The molecule has 6 heteroatoms. The van der Waals surface area contributed by atoms with Crippen LogP contribution in [0.1, 0.15) is 10.6 Å². The summed E-state index contributed by atoms with van der Waals surface area (Å²) in [5, 5.41) is 1.00. The van der Waals surface area contributed by atoms with E-state index in [1.807, 2.05) is 54.2 Å². The summed E-state index contributed by atoms with van der Waals surface area (Å²) >= 11 is 1.66. The van der Waals surface area contributed by atoms with E-state index in [4.69, 9.17) is 4.74 Å². The van der Waals surface area contributed by atoms with Gasteiger partial charge in [-0.3, -0.25) is 4.79 Å². The Morgan fingerprint density at radius 1 is 1.38 bits per heavy atom. The second kappa shape index (κ2) is 7.49. The molecule has 126 valence electrons. The van der Waals surface area contributed by atoms with E-state index in [0.717, 1.165) is 23.0 Å². The second-order valence-corrected chi connectivity index (χ2v) is 6.86. The number of rotatable bonds is 5. The van der Waals surface area contributed by atoms with Gasteiger partial charge < -0.3 is 14.5 Å². The molecule has 1 aliphatic heterocycles. The Balaban J connectivity index is 1.53. The molecule has 0 spiro atoms. The first-order chi connectivity index (χ1) is 11.6. The van der Waals surface area contributed by atoms with Gasteiger partial charge in [-0.05, 0) is 18.2 Å². The zero-order chi connectivity index (χ0) is 16.9. The topological polar surface area (TPSA) is 45.7 Å². The number of carbonyl (C=O) groups excluding carboxylic acids is 1. The first-order valence-electron chi connectivity index (χ1n) is 7.92. The van der Waals surface area contributed by atoms with Crippen LogP contribution in [0.25, 0.3) is 0 Å². The molecule has 0 unspecified atom stereocenters. The summed E-state index contributed by atoms with van der Waals surface area (Å²) in [6.45, 7) is 1.75. The third-order valence-electron chi connectivity index (χ3n) is 3.76. The summed E-state index contributed by atoms with van der Waals surface area (Å²) in [7, 11) is 3.98. The molecule has 0 bridgehead atoms. The van der Waals surface area contributed by atoms with E-state index in [1.165, 1.54) is 4.88 Å². The first kappa shape index (κ1) is 16.5. The van der Waals surface area contributed by atoms with Crippen LogP contribution >= 0.6 is 11.3 Å². The minimum Gasteiger partial charge on any atom is -0.490 e. The van der Waals surface area contributed by atoms with Crippen molar-refractivity contribution in [3.8, 4) is 5.75 Å². The number of amides is 1. The maximum absolute atomic E-state index is 12.3. The quantitative estimate of drug-likeness (QED) is 0.783. The van der Waals surface area contributed by atoms with Gasteiger partial charge in [0.15, 0.2) is 5.13 Å². The van der Waals surface area contributed by atoms with Gasteiger partial charge in [-0.25, -0.2) is 4.98 Å². The average Bonchev–Trinajstić information content (AvgIpc) is 3.03. The molecule has 1 amide bonds. The number of hydrogen-bond acceptors (Lipinski definition) is 5. The number of ether oxygens (including phenoxy) is 1. The molecule has 3 rings (SSSR count). The van der Waals surface area contributed by atoms with Crippen molar-refractivity contribution in [2.75, 3.05) is 32.1 Å². The fourth-order valence-electron chi connectivity index (χ4n) is 2.48. The highest BCUT2D eigenvalue weighted by atomic mass is 32.1. The van der Waals surface area contributed by atoms with Gasteiger partial charge in [-0.1, -0.05) is 29.5 Å². The molecule has 1 aromatic carbocycles. The predicted molar refractivity (Wildman–Crippen MR) is 96.6 cm³/mol. The Hall–Kier alpha value is -2.34. The molecular formula is C18H21N3O2S. The third-order valence-corrected chi connectivity index (χ3v) is 5.01. The van der Waals surface area contributed by atoms with E-state index >= 15 is 0 Å². The molecule has 0 saturated heterocycles. The van der Waals surface area contributed by atoms with E-state index in [9.17, 15) is 4.79 Å². The molecule has 5 nitrogen and oxygen atoms in total. The Morgan fingerprint density at radius 2 is 2.17 bits per heavy atom. The van der Waals surface area contributed by atoms with Crippen LogP contribution in [0.2, 0.25) is 0 Å². The maximum atomic E-state index is 12.3. The largest absolute Gasteiger partial charge is 0.490 e. The van der Waals surface area contributed by atoms with Crippen molar-refractivity contribution < 1.29 is 9.53 Å². The molecule has 2 heterocycles. The van der Waals surface area contributed by atoms with E-state index in [0.29, 0.717) is 19.7 Å². The number of nitrogens with zero attached hydrogens (tertiary/aromatic N) is 3. The number of hydrogen-bond donors (Lipinski definition) is 0. The number of para-hydroxylation sites is 1. The lowest BCUT2D eigenvalue weighted by Gasteiger charge is -2.24. The predicted octanol–water partition coefficient (Wildman–Crippen LogP) is 2.73. The monoisotopic (exact) mass is 343 g/mol. The fraction of sp³-hybridized carbons (Fsp3) is 0.333. The molecule has 0 saturated carbocycles.